The molecule has 0 radical (unpaired) electrons. The van der Waals surface area contributed by atoms with E-state index in [2.05, 4.69) is 42.2 Å². The number of hydrogen-bond donors (Lipinski definition) is 1. The van der Waals surface area contributed by atoms with Gasteiger partial charge in [-0.1, -0.05) is 43.3 Å². The van der Waals surface area contributed by atoms with Crippen LogP contribution in [-0.4, -0.2) is 16.1 Å². The van der Waals surface area contributed by atoms with Crippen molar-refractivity contribution in [3.63, 3.8) is 0 Å². The SMILES string of the molecule is CCc1ccc(C=C(CCC(=O)O)c2nc3ccccc3s2)cc1. The number of aryl methyl sites for hydroxylation is 1. The van der Waals surface area contributed by atoms with Crippen LogP contribution in [0.1, 0.15) is 35.9 Å². The second kappa shape index (κ2) is 7.41. The van der Waals surface area contributed by atoms with Gasteiger partial charge in [-0.25, -0.2) is 4.98 Å². The fourth-order valence-electron chi connectivity index (χ4n) is 2.54. The lowest BCUT2D eigenvalue weighted by Crippen LogP contribution is -1.95. The van der Waals surface area contributed by atoms with Gasteiger partial charge in [0.1, 0.15) is 5.01 Å². The van der Waals surface area contributed by atoms with E-state index in [1.165, 1.54) is 5.56 Å². The minimum atomic E-state index is -0.789. The molecule has 0 spiro atoms. The van der Waals surface area contributed by atoms with Crippen LogP contribution in [0.5, 0.6) is 0 Å². The van der Waals surface area contributed by atoms with E-state index in [1.54, 1.807) is 11.3 Å². The number of carboxylic acid groups (broad SMARTS) is 1. The van der Waals surface area contributed by atoms with Gasteiger partial charge in [-0.2, -0.15) is 0 Å². The maximum absolute atomic E-state index is 11.0. The van der Waals surface area contributed by atoms with E-state index < -0.39 is 5.97 Å². The molecular weight excluding hydrogens is 318 g/mol. The van der Waals surface area contributed by atoms with Crippen molar-refractivity contribution in [2.24, 2.45) is 0 Å². The number of thiazole rings is 1. The first-order chi connectivity index (χ1) is 11.7. The Hall–Kier alpha value is -2.46. The molecule has 122 valence electrons. The van der Waals surface area contributed by atoms with Crippen LogP contribution in [0.2, 0.25) is 0 Å². The molecule has 0 atom stereocenters. The molecule has 1 aromatic heterocycles. The van der Waals surface area contributed by atoms with Crippen molar-refractivity contribution in [1.29, 1.82) is 0 Å². The van der Waals surface area contributed by atoms with Gasteiger partial charge in [0.25, 0.3) is 0 Å². The summed E-state index contributed by atoms with van der Waals surface area (Å²) in [6, 6.07) is 16.4. The second-order valence-corrected chi connectivity index (χ2v) is 6.68. The van der Waals surface area contributed by atoms with E-state index in [1.807, 2.05) is 24.3 Å². The molecule has 0 unspecified atom stereocenters. The predicted octanol–water partition coefficient (Wildman–Crippen LogP) is 5.26. The molecule has 3 rings (SSSR count). The van der Waals surface area contributed by atoms with E-state index in [-0.39, 0.29) is 6.42 Å². The summed E-state index contributed by atoms with van der Waals surface area (Å²) in [7, 11) is 0. The van der Waals surface area contributed by atoms with Crippen LogP contribution < -0.4 is 0 Å². The van der Waals surface area contributed by atoms with Crippen molar-refractivity contribution in [3.8, 4) is 0 Å². The fraction of sp³-hybridized carbons (Fsp3) is 0.200. The summed E-state index contributed by atoms with van der Waals surface area (Å²) in [5, 5.41) is 9.94. The number of benzene rings is 2. The van der Waals surface area contributed by atoms with Gasteiger partial charge in [0.2, 0.25) is 0 Å². The predicted molar refractivity (Wildman–Crippen MR) is 100 cm³/mol. The van der Waals surface area contributed by atoms with Gasteiger partial charge in [-0.05, 0) is 47.8 Å². The van der Waals surface area contributed by atoms with Gasteiger partial charge in [0.05, 0.1) is 10.2 Å². The van der Waals surface area contributed by atoms with Crippen LogP contribution in [0, 0.1) is 0 Å². The Morgan fingerprint density at radius 3 is 2.54 bits per heavy atom. The molecule has 1 heterocycles. The maximum Gasteiger partial charge on any atom is 0.303 e. The number of aromatic nitrogens is 1. The quantitative estimate of drug-likeness (QED) is 0.667. The lowest BCUT2D eigenvalue weighted by Gasteiger charge is -2.04. The highest BCUT2D eigenvalue weighted by Crippen LogP contribution is 2.31. The zero-order chi connectivity index (χ0) is 16.9. The number of fused-ring (bicyclic) bond motifs is 1. The molecule has 24 heavy (non-hydrogen) atoms. The zero-order valence-corrected chi connectivity index (χ0v) is 14.3. The Bertz CT molecular complexity index is 845. The van der Waals surface area contributed by atoms with Gasteiger partial charge in [0, 0.05) is 6.42 Å². The van der Waals surface area contributed by atoms with Crippen molar-refractivity contribution in [2.45, 2.75) is 26.2 Å². The van der Waals surface area contributed by atoms with Crippen LogP contribution in [-0.2, 0) is 11.2 Å². The molecule has 4 heteroatoms. The largest absolute Gasteiger partial charge is 0.481 e. The molecule has 3 nitrogen and oxygen atoms in total. The average Bonchev–Trinajstić information content (AvgIpc) is 3.03. The fourth-order valence-corrected chi connectivity index (χ4v) is 3.55. The summed E-state index contributed by atoms with van der Waals surface area (Å²) in [5.74, 6) is -0.789. The number of rotatable bonds is 6. The molecule has 0 amide bonds. The van der Waals surface area contributed by atoms with E-state index in [0.29, 0.717) is 6.42 Å². The monoisotopic (exact) mass is 337 g/mol. The molecule has 0 aliphatic carbocycles. The topological polar surface area (TPSA) is 50.2 Å². The zero-order valence-electron chi connectivity index (χ0n) is 13.5. The van der Waals surface area contributed by atoms with E-state index in [9.17, 15) is 4.79 Å². The summed E-state index contributed by atoms with van der Waals surface area (Å²) in [5.41, 5.74) is 4.30. The Morgan fingerprint density at radius 2 is 1.88 bits per heavy atom. The lowest BCUT2D eigenvalue weighted by molar-refractivity contribution is -0.136. The first-order valence-electron chi connectivity index (χ1n) is 8.03. The summed E-state index contributed by atoms with van der Waals surface area (Å²) in [6.07, 6.45) is 3.65. The van der Waals surface area contributed by atoms with E-state index in [0.717, 1.165) is 32.8 Å². The van der Waals surface area contributed by atoms with Crippen molar-refractivity contribution in [2.75, 3.05) is 0 Å². The third kappa shape index (κ3) is 3.89. The van der Waals surface area contributed by atoms with Crippen molar-refractivity contribution >= 4 is 39.2 Å². The minimum absolute atomic E-state index is 0.106. The lowest BCUT2D eigenvalue weighted by atomic mass is 10.0. The number of nitrogens with zero attached hydrogens (tertiary/aromatic N) is 1. The third-order valence-corrected chi connectivity index (χ3v) is 5.02. The summed E-state index contributed by atoms with van der Waals surface area (Å²) < 4.78 is 1.12. The molecule has 0 saturated carbocycles. The number of carboxylic acids is 1. The van der Waals surface area contributed by atoms with Crippen LogP contribution in [0.3, 0.4) is 0 Å². The second-order valence-electron chi connectivity index (χ2n) is 5.65. The van der Waals surface area contributed by atoms with Gasteiger partial charge in [0.15, 0.2) is 0 Å². The van der Waals surface area contributed by atoms with E-state index >= 15 is 0 Å². The third-order valence-electron chi connectivity index (χ3n) is 3.91. The van der Waals surface area contributed by atoms with Crippen LogP contribution in [0.4, 0.5) is 0 Å². The Morgan fingerprint density at radius 1 is 1.12 bits per heavy atom. The van der Waals surface area contributed by atoms with Crippen molar-refractivity contribution < 1.29 is 9.90 Å². The summed E-state index contributed by atoms with van der Waals surface area (Å²) in [4.78, 5) is 15.7. The standard InChI is InChI=1S/C20H19NO2S/c1-2-14-7-9-15(10-8-14)13-16(11-12-19(22)23)20-21-17-5-3-4-6-18(17)24-20/h3-10,13H,2,11-12H2,1H3,(H,22,23). The molecular formula is C20H19NO2S. The Balaban J connectivity index is 1.97. The first kappa shape index (κ1) is 16.4. The van der Waals surface area contributed by atoms with E-state index in [4.69, 9.17) is 5.11 Å². The number of allylic oxidation sites excluding steroid dienone is 1. The summed E-state index contributed by atoms with van der Waals surface area (Å²) >= 11 is 1.61. The maximum atomic E-state index is 11.0. The highest BCUT2D eigenvalue weighted by atomic mass is 32.1. The van der Waals surface area contributed by atoms with Gasteiger partial charge >= 0.3 is 5.97 Å². The van der Waals surface area contributed by atoms with Crippen LogP contribution in [0.15, 0.2) is 48.5 Å². The normalized spacial score (nSPS) is 11.8. The minimum Gasteiger partial charge on any atom is -0.481 e. The molecule has 0 aliphatic heterocycles. The van der Waals surface area contributed by atoms with Crippen LogP contribution in [0.25, 0.3) is 21.9 Å². The number of carbonyl (C=O) groups is 1. The van der Waals surface area contributed by atoms with Gasteiger partial charge in [-0.3, -0.25) is 4.79 Å². The van der Waals surface area contributed by atoms with Crippen molar-refractivity contribution in [3.05, 3.63) is 64.7 Å². The van der Waals surface area contributed by atoms with Crippen LogP contribution >= 0.6 is 11.3 Å². The molecule has 2 aromatic carbocycles. The molecule has 3 aromatic rings. The highest BCUT2D eigenvalue weighted by Gasteiger charge is 2.11. The Labute approximate surface area is 145 Å². The molecule has 0 fully saturated rings. The molecule has 1 N–H and O–H groups in total. The number of para-hydroxylation sites is 1. The van der Waals surface area contributed by atoms with Gasteiger partial charge in [-0.15, -0.1) is 11.3 Å². The number of aliphatic carboxylic acids is 1. The summed E-state index contributed by atoms with van der Waals surface area (Å²) in [6.45, 7) is 2.13. The molecule has 0 saturated heterocycles. The highest BCUT2D eigenvalue weighted by molar-refractivity contribution is 7.19. The smallest absolute Gasteiger partial charge is 0.303 e. The van der Waals surface area contributed by atoms with Crippen molar-refractivity contribution in [1.82, 2.24) is 4.98 Å². The Kier molecular flexibility index (Phi) is 5.06. The molecule has 0 bridgehead atoms. The average molecular weight is 337 g/mol. The van der Waals surface area contributed by atoms with Gasteiger partial charge < -0.3 is 5.11 Å². The number of hydrogen-bond acceptors (Lipinski definition) is 3. The molecule has 0 aliphatic rings. The first-order valence-corrected chi connectivity index (χ1v) is 8.84.